The molecular formula is C24H33N5O. The number of hydrogen-bond acceptors (Lipinski definition) is 5. The lowest BCUT2D eigenvalue weighted by atomic mass is 9.85. The zero-order chi connectivity index (χ0) is 21.9. The van der Waals surface area contributed by atoms with Crippen molar-refractivity contribution in [1.29, 1.82) is 0 Å². The molecule has 1 aliphatic rings. The summed E-state index contributed by atoms with van der Waals surface area (Å²) in [5.74, 6) is 5.75. The molecule has 1 amide bonds. The summed E-state index contributed by atoms with van der Waals surface area (Å²) < 4.78 is 0. The number of anilines is 1. The Balaban J connectivity index is 2.15. The summed E-state index contributed by atoms with van der Waals surface area (Å²) in [5, 5.41) is 0. The Morgan fingerprint density at radius 1 is 1.13 bits per heavy atom. The van der Waals surface area contributed by atoms with E-state index >= 15 is 0 Å². The maximum Gasteiger partial charge on any atom is 0.230 e. The number of para-hydroxylation sites is 1. The number of benzene rings is 2. The monoisotopic (exact) mass is 407 g/mol. The Labute approximate surface area is 179 Å². The molecule has 3 rings (SSSR count). The molecule has 2 unspecified atom stereocenters. The van der Waals surface area contributed by atoms with Crippen LogP contribution >= 0.6 is 0 Å². The number of hydrogen-bond donors (Lipinski definition) is 4. The highest BCUT2D eigenvalue weighted by molar-refractivity contribution is 6.01. The normalized spacial score (nSPS) is 19.0. The first kappa shape index (κ1) is 21.9. The molecule has 0 radical (unpaired) electrons. The predicted molar refractivity (Wildman–Crippen MR) is 124 cm³/mol. The van der Waals surface area contributed by atoms with E-state index < -0.39 is 0 Å². The summed E-state index contributed by atoms with van der Waals surface area (Å²) in [6.07, 6.45) is 2.18. The number of nitrogens with zero attached hydrogens (tertiary/aromatic N) is 1. The first-order valence-corrected chi connectivity index (χ1v) is 10.6. The summed E-state index contributed by atoms with van der Waals surface area (Å²) in [7, 11) is 0. The topological polar surface area (TPSA) is 110 Å². The van der Waals surface area contributed by atoms with Gasteiger partial charge < -0.3 is 21.8 Å². The van der Waals surface area contributed by atoms with Crippen LogP contribution in [0.3, 0.4) is 0 Å². The number of amides is 1. The van der Waals surface area contributed by atoms with E-state index in [2.05, 4.69) is 12.3 Å². The van der Waals surface area contributed by atoms with Crippen LogP contribution < -0.4 is 27.6 Å². The van der Waals surface area contributed by atoms with E-state index in [0.717, 1.165) is 35.2 Å². The van der Waals surface area contributed by atoms with E-state index in [0.29, 0.717) is 24.4 Å². The minimum atomic E-state index is -0.383. The van der Waals surface area contributed by atoms with Gasteiger partial charge in [-0.05, 0) is 37.8 Å². The van der Waals surface area contributed by atoms with Gasteiger partial charge in [0.1, 0.15) is 0 Å². The maximum atomic E-state index is 13.8. The molecule has 0 fully saturated rings. The molecule has 1 aliphatic heterocycles. The smallest absolute Gasteiger partial charge is 0.230 e. The van der Waals surface area contributed by atoms with Gasteiger partial charge in [-0.1, -0.05) is 56.3 Å². The molecule has 0 aliphatic carbocycles. The van der Waals surface area contributed by atoms with E-state index in [4.69, 9.17) is 17.3 Å². The van der Waals surface area contributed by atoms with Crippen molar-refractivity contribution in [2.75, 3.05) is 4.90 Å². The molecule has 0 saturated carbocycles. The van der Waals surface area contributed by atoms with Gasteiger partial charge in [0.05, 0.1) is 23.6 Å². The lowest BCUT2D eigenvalue weighted by Gasteiger charge is -2.34. The lowest BCUT2D eigenvalue weighted by molar-refractivity contribution is -0.123. The van der Waals surface area contributed by atoms with E-state index in [1.165, 1.54) is 0 Å². The lowest BCUT2D eigenvalue weighted by Crippen LogP contribution is -2.44. The minimum absolute atomic E-state index is 0.0711. The molecule has 0 saturated heterocycles. The molecule has 30 heavy (non-hydrogen) atoms. The first-order valence-electron chi connectivity index (χ1n) is 10.6. The van der Waals surface area contributed by atoms with Crippen molar-refractivity contribution >= 4 is 23.0 Å². The number of nitrogens with one attached hydrogen (secondary N) is 1. The highest BCUT2D eigenvalue weighted by atomic mass is 16.2. The predicted octanol–water partition coefficient (Wildman–Crippen LogP) is 3.32. The standard InChI is InChI=1S/C24H33N5O/c1-4-16(14-24(3,26)5-2)23(30)29-15-17-10-6-7-11-18(17)22(28-27)21(25)19-12-8-9-13-20(19)29/h6-13,16,28H,4-5,14-15,25-27H2,1-3H3/b22-21-. The molecule has 0 bridgehead atoms. The number of nitrogens with two attached hydrogens (primary N) is 3. The summed E-state index contributed by atoms with van der Waals surface area (Å²) >= 11 is 0. The van der Waals surface area contributed by atoms with Crippen molar-refractivity contribution in [2.45, 2.75) is 52.1 Å². The summed E-state index contributed by atoms with van der Waals surface area (Å²) in [6.45, 7) is 6.56. The molecule has 160 valence electrons. The Morgan fingerprint density at radius 2 is 1.77 bits per heavy atom. The largest absolute Gasteiger partial charge is 0.396 e. The molecule has 2 aromatic rings. The highest BCUT2D eigenvalue weighted by Gasteiger charge is 2.32. The molecular weight excluding hydrogens is 374 g/mol. The number of carbonyl (C=O) groups is 1. The Hall–Kier alpha value is -2.83. The second kappa shape index (κ2) is 8.90. The van der Waals surface area contributed by atoms with Gasteiger partial charge in [0.2, 0.25) is 5.91 Å². The number of carbonyl (C=O) groups excluding carboxylic acids is 1. The Bertz CT molecular complexity index is 950. The molecule has 1 heterocycles. The van der Waals surface area contributed by atoms with E-state index in [-0.39, 0.29) is 17.4 Å². The van der Waals surface area contributed by atoms with Crippen molar-refractivity contribution in [2.24, 2.45) is 23.2 Å². The zero-order valence-electron chi connectivity index (χ0n) is 18.1. The molecule has 6 nitrogen and oxygen atoms in total. The fourth-order valence-corrected chi connectivity index (χ4v) is 4.06. The molecule has 2 aromatic carbocycles. The van der Waals surface area contributed by atoms with Crippen molar-refractivity contribution in [3.8, 4) is 0 Å². The quantitative estimate of drug-likeness (QED) is 0.434. The van der Waals surface area contributed by atoms with Crippen molar-refractivity contribution in [1.82, 2.24) is 5.43 Å². The van der Waals surface area contributed by atoms with Crippen LogP contribution in [0.1, 0.15) is 56.7 Å². The van der Waals surface area contributed by atoms with E-state index in [1.807, 2.05) is 67.3 Å². The van der Waals surface area contributed by atoms with Crippen molar-refractivity contribution in [3.63, 3.8) is 0 Å². The third kappa shape index (κ3) is 4.20. The van der Waals surface area contributed by atoms with Gasteiger partial charge in [0.25, 0.3) is 0 Å². The average Bonchev–Trinajstić information content (AvgIpc) is 2.76. The van der Waals surface area contributed by atoms with Crippen LogP contribution in [-0.2, 0) is 11.3 Å². The van der Waals surface area contributed by atoms with Gasteiger partial charge >= 0.3 is 0 Å². The highest BCUT2D eigenvalue weighted by Crippen LogP contribution is 2.36. The molecule has 2 atom stereocenters. The third-order valence-corrected chi connectivity index (χ3v) is 6.14. The van der Waals surface area contributed by atoms with Crippen LogP contribution in [0.25, 0.3) is 11.4 Å². The summed E-state index contributed by atoms with van der Waals surface area (Å²) in [4.78, 5) is 15.6. The second-order valence-electron chi connectivity index (χ2n) is 8.35. The van der Waals surface area contributed by atoms with Crippen LogP contribution in [0.4, 0.5) is 5.69 Å². The van der Waals surface area contributed by atoms with Gasteiger partial charge in [-0.25, -0.2) is 0 Å². The fourth-order valence-electron chi connectivity index (χ4n) is 4.06. The third-order valence-electron chi connectivity index (χ3n) is 6.14. The van der Waals surface area contributed by atoms with Gasteiger partial charge in [0.15, 0.2) is 0 Å². The van der Waals surface area contributed by atoms with Crippen molar-refractivity contribution in [3.05, 3.63) is 65.2 Å². The zero-order valence-corrected chi connectivity index (χ0v) is 18.1. The van der Waals surface area contributed by atoms with Crippen LogP contribution in [0, 0.1) is 5.92 Å². The average molecular weight is 408 g/mol. The number of hydrazine groups is 1. The van der Waals surface area contributed by atoms with Crippen molar-refractivity contribution < 1.29 is 4.79 Å². The molecule has 7 N–H and O–H groups in total. The molecule has 6 heteroatoms. The Morgan fingerprint density at radius 3 is 2.40 bits per heavy atom. The number of fused-ring (bicyclic) bond motifs is 2. The summed E-state index contributed by atoms with van der Waals surface area (Å²) in [5.41, 5.74) is 20.0. The van der Waals surface area contributed by atoms with E-state index in [1.54, 1.807) is 0 Å². The first-order chi connectivity index (χ1) is 14.3. The second-order valence-corrected chi connectivity index (χ2v) is 8.35. The molecule has 0 spiro atoms. The van der Waals surface area contributed by atoms with Crippen LogP contribution in [0.2, 0.25) is 0 Å². The van der Waals surface area contributed by atoms with Gasteiger partial charge in [-0.2, -0.15) is 0 Å². The van der Waals surface area contributed by atoms with E-state index in [9.17, 15) is 4.79 Å². The summed E-state index contributed by atoms with van der Waals surface area (Å²) in [6, 6.07) is 15.6. The van der Waals surface area contributed by atoms with Crippen LogP contribution in [0.15, 0.2) is 48.5 Å². The fraction of sp³-hybridized carbons (Fsp3) is 0.375. The SMILES string of the molecule is CCC(CC(C)(N)CC)C(=O)N1Cc2ccccc2/C(NN)=C(/N)c2ccccc21. The van der Waals surface area contributed by atoms with Crippen LogP contribution in [-0.4, -0.2) is 11.4 Å². The Kier molecular flexibility index (Phi) is 6.48. The number of rotatable bonds is 6. The van der Waals surface area contributed by atoms with Gasteiger partial charge in [-0.3, -0.25) is 10.6 Å². The van der Waals surface area contributed by atoms with Gasteiger partial charge in [-0.15, -0.1) is 0 Å². The minimum Gasteiger partial charge on any atom is -0.396 e. The van der Waals surface area contributed by atoms with Crippen LogP contribution in [0.5, 0.6) is 0 Å². The van der Waals surface area contributed by atoms with Gasteiger partial charge in [0, 0.05) is 22.6 Å². The maximum absolute atomic E-state index is 13.8. The molecule has 0 aromatic heterocycles.